The fraction of sp³-hybridized carbons (Fsp3) is 0.316. The highest BCUT2D eigenvalue weighted by Crippen LogP contribution is 2.36. The van der Waals surface area contributed by atoms with Crippen LogP contribution >= 0.6 is 11.8 Å². The molecule has 2 nitrogen and oxygen atoms in total. The van der Waals surface area contributed by atoms with Crippen LogP contribution in [0.4, 0.5) is 0 Å². The molecule has 0 aromatic heterocycles. The summed E-state index contributed by atoms with van der Waals surface area (Å²) in [5.74, 6) is 0.550. The lowest BCUT2D eigenvalue weighted by Gasteiger charge is -2.17. The molecule has 114 valence electrons. The zero-order valence-corrected chi connectivity index (χ0v) is 13.6. The minimum absolute atomic E-state index is 0.0191. The summed E-state index contributed by atoms with van der Waals surface area (Å²) in [7, 11) is 0. The number of rotatable bonds is 5. The van der Waals surface area contributed by atoms with Crippen molar-refractivity contribution in [2.45, 2.75) is 35.8 Å². The highest BCUT2D eigenvalue weighted by Gasteiger charge is 2.28. The number of thioether (sulfide) groups is 1. The molecule has 3 heteroatoms. The van der Waals surface area contributed by atoms with Crippen molar-refractivity contribution in [3.8, 4) is 0 Å². The van der Waals surface area contributed by atoms with Gasteiger partial charge in [0, 0.05) is 17.4 Å². The average molecular weight is 311 g/mol. The molecule has 0 fully saturated rings. The molecule has 1 heterocycles. The van der Waals surface area contributed by atoms with E-state index in [2.05, 4.69) is 48.6 Å². The van der Waals surface area contributed by atoms with Crippen molar-refractivity contribution < 1.29 is 4.79 Å². The summed E-state index contributed by atoms with van der Waals surface area (Å²) in [6, 6.07) is 18.7. The second-order valence-electron chi connectivity index (χ2n) is 5.68. The monoisotopic (exact) mass is 311 g/mol. The van der Waals surface area contributed by atoms with E-state index < -0.39 is 0 Å². The Hall–Kier alpha value is -1.74. The van der Waals surface area contributed by atoms with Crippen LogP contribution in [0, 0.1) is 0 Å². The van der Waals surface area contributed by atoms with E-state index in [1.807, 2.05) is 18.2 Å². The average Bonchev–Trinajstić information content (AvgIpc) is 3.00. The topological polar surface area (TPSA) is 29.1 Å². The lowest BCUT2D eigenvalue weighted by Crippen LogP contribution is -2.35. The first kappa shape index (κ1) is 15.2. The molecular formula is C19H21NOS. The maximum atomic E-state index is 12.4. The van der Waals surface area contributed by atoms with Gasteiger partial charge in [0.15, 0.2) is 0 Å². The van der Waals surface area contributed by atoms with Gasteiger partial charge in [-0.05, 0) is 30.0 Å². The van der Waals surface area contributed by atoms with Crippen molar-refractivity contribution in [1.29, 1.82) is 0 Å². The molecule has 1 aliphatic rings. The van der Waals surface area contributed by atoms with Gasteiger partial charge in [0.05, 0.1) is 5.25 Å². The standard InChI is InChI=1S/C19H21NOS/c1-2-14(15-8-4-3-5-9-15)13-20-19(21)18-12-16-10-6-7-11-17(16)22-18/h3-11,14,18H,2,12-13H2,1H3,(H,20,21)/t14-,18-/m1/s1. The first-order chi connectivity index (χ1) is 10.8. The largest absolute Gasteiger partial charge is 0.355 e. The number of benzene rings is 2. The Morgan fingerprint density at radius 1 is 1.18 bits per heavy atom. The van der Waals surface area contributed by atoms with Gasteiger partial charge in [-0.1, -0.05) is 55.5 Å². The molecule has 0 radical (unpaired) electrons. The third-order valence-corrected chi connectivity index (χ3v) is 5.54. The van der Waals surface area contributed by atoms with Crippen LogP contribution in [-0.2, 0) is 11.2 Å². The van der Waals surface area contributed by atoms with Crippen LogP contribution in [0.25, 0.3) is 0 Å². The molecule has 0 aliphatic carbocycles. The molecule has 0 saturated carbocycles. The summed E-state index contributed by atoms with van der Waals surface area (Å²) in [6.45, 7) is 2.89. The van der Waals surface area contributed by atoms with Gasteiger partial charge in [0.1, 0.15) is 0 Å². The minimum Gasteiger partial charge on any atom is -0.355 e. The molecule has 1 N–H and O–H groups in total. The van der Waals surface area contributed by atoms with Gasteiger partial charge in [-0.25, -0.2) is 0 Å². The number of hydrogen-bond donors (Lipinski definition) is 1. The lowest BCUT2D eigenvalue weighted by atomic mass is 9.96. The van der Waals surface area contributed by atoms with Crippen molar-refractivity contribution in [1.82, 2.24) is 5.32 Å². The smallest absolute Gasteiger partial charge is 0.233 e. The maximum Gasteiger partial charge on any atom is 0.233 e. The van der Waals surface area contributed by atoms with Crippen molar-refractivity contribution in [3.05, 3.63) is 65.7 Å². The molecule has 3 rings (SSSR count). The zero-order chi connectivity index (χ0) is 15.4. The van der Waals surface area contributed by atoms with E-state index in [4.69, 9.17) is 0 Å². The molecule has 1 aliphatic heterocycles. The Morgan fingerprint density at radius 3 is 2.64 bits per heavy atom. The van der Waals surface area contributed by atoms with Crippen LogP contribution in [0.3, 0.4) is 0 Å². The van der Waals surface area contributed by atoms with E-state index in [0.717, 1.165) is 12.8 Å². The van der Waals surface area contributed by atoms with Crippen LogP contribution < -0.4 is 5.32 Å². The SMILES string of the molecule is CC[C@H](CNC(=O)[C@H]1Cc2ccccc2S1)c1ccccc1. The van der Waals surface area contributed by atoms with Crippen molar-refractivity contribution >= 4 is 17.7 Å². The quantitative estimate of drug-likeness (QED) is 0.904. The summed E-state index contributed by atoms with van der Waals surface area (Å²) >= 11 is 1.69. The Bertz CT molecular complexity index is 616. The molecule has 1 amide bonds. The highest BCUT2D eigenvalue weighted by atomic mass is 32.2. The predicted molar refractivity (Wildman–Crippen MR) is 92.3 cm³/mol. The number of fused-ring (bicyclic) bond motifs is 1. The third-order valence-electron chi connectivity index (χ3n) is 4.23. The van der Waals surface area contributed by atoms with Gasteiger partial charge in [-0.3, -0.25) is 4.79 Å². The number of amides is 1. The Morgan fingerprint density at radius 2 is 1.91 bits per heavy atom. The van der Waals surface area contributed by atoms with E-state index in [-0.39, 0.29) is 11.2 Å². The maximum absolute atomic E-state index is 12.4. The van der Waals surface area contributed by atoms with Crippen molar-refractivity contribution in [2.24, 2.45) is 0 Å². The summed E-state index contributed by atoms with van der Waals surface area (Å²) in [5.41, 5.74) is 2.59. The van der Waals surface area contributed by atoms with Gasteiger partial charge in [-0.15, -0.1) is 11.8 Å². The molecule has 0 spiro atoms. The van der Waals surface area contributed by atoms with Gasteiger partial charge in [-0.2, -0.15) is 0 Å². The molecule has 0 saturated heterocycles. The van der Waals surface area contributed by atoms with Crippen LogP contribution in [0.2, 0.25) is 0 Å². The van der Waals surface area contributed by atoms with Crippen LogP contribution in [-0.4, -0.2) is 17.7 Å². The van der Waals surface area contributed by atoms with Crippen LogP contribution in [0.15, 0.2) is 59.5 Å². The van der Waals surface area contributed by atoms with Gasteiger partial charge in [0.25, 0.3) is 0 Å². The minimum atomic E-state index is 0.0191. The van der Waals surface area contributed by atoms with Gasteiger partial charge >= 0.3 is 0 Å². The predicted octanol–water partition coefficient (Wildman–Crippen LogP) is 4.01. The fourth-order valence-corrected chi connectivity index (χ4v) is 4.11. The number of hydrogen-bond acceptors (Lipinski definition) is 2. The van der Waals surface area contributed by atoms with E-state index in [0.29, 0.717) is 12.5 Å². The number of carbonyl (C=O) groups is 1. The first-order valence-corrected chi connectivity index (χ1v) is 8.73. The molecule has 0 bridgehead atoms. The van der Waals surface area contributed by atoms with E-state index in [1.54, 1.807) is 11.8 Å². The zero-order valence-electron chi connectivity index (χ0n) is 12.8. The van der Waals surface area contributed by atoms with E-state index >= 15 is 0 Å². The third kappa shape index (κ3) is 3.36. The second kappa shape index (κ2) is 7.01. The summed E-state index contributed by atoms with van der Waals surface area (Å²) in [4.78, 5) is 13.7. The Balaban J connectivity index is 1.57. The lowest BCUT2D eigenvalue weighted by molar-refractivity contribution is -0.120. The van der Waals surface area contributed by atoms with Gasteiger partial charge in [0.2, 0.25) is 5.91 Å². The summed E-state index contributed by atoms with van der Waals surface area (Å²) in [5, 5.41) is 3.17. The Labute approximate surface area is 136 Å². The molecular weight excluding hydrogens is 290 g/mol. The summed E-state index contributed by atoms with van der Waals surface area (Å²) < 4.78 is 0. The van der Waals surface area contributed by atoms with Crippen molar-refractivity contribution in [2.75, 3.05) is 6.54 Å². The highest BCUT2D eigenvalue weighted by molar-refractivity contribution is 8.01. The normalized spacial score (nSPS) is 17.8. The van der Waals surface area contributed by atoms with Crippen molar-refractivity contribution in [3.63, 3.8) is 0 Å². The molecule has 2 aromatic carbocycles. The van der Waals surface area contributed by atoms with Gasteiger partial charge < -0.3 is 5.32 Å². The van der Waals surface area contributed by atoms with Crippen LogP contribution in [0.5, 0.6) is 0 Å². The number of nitrogens with one attached hydrogen (secondary N) is 1. The first-order valence-electron chi connectivity index (χ1n) is 7.85. The molecule has 2 atom stereocenters. The molecule has 22 heavy (non-hydrogen) atoms. The second-order valence-corrected chi connectivity index (χ2v) is 6.92. The fourth-order valence-electron chi connectivity index (χ4n) is 2.89. The Kier molecular flexibility index (Phi) is 4.84. The van der Waals surface area contributed by atoms with Crippen LogP contribution in [0.1, 0.15) is 30.4 Å². The summed E-state index contributed by atoms with van der Waals surface area (Å²) in [6.07, 6.45) is 1.87. The number of carbonyl (C=O) groups excluding carboxylic acids is 1. The van der Waals surface area contributed by atoms with E-state index in [9.17, 15) is 4.79 Å². The molecule has 0 unspecified atom stereocenters. The molecule has 2 aromatic rings. The van der Waals surface area contributed by atoms with E-state index in [1.165, 1.54) is 16.0 Å².